The van der Waals surface area contributed by atoms with Gasteiger partial charge in [0.25, 0.3) is 0 Å². The Morgan fingerprint density at radius 3 is 2.38 bits per heavy atom. The zero-order valence-corrected chi connectivity index (χ0v) is 8.04. The molecule has 1 atom stereocenters. The third kappa shape index (κ3) is 1.98. The van der Waals surface area contributed by atoms with Gasteiger partial charge < -0.3 is 10.8 Å². The summed E-state index contributed by atoms with van der Waals surface area (Å²) >= 11 is 0. The number of aliphatic carboxylic acids is 1. The van der Waals surface area contributed by atoms with Gasteiger partial charge in [0.05, 0.1) is 6.26 Å². The van der Waals surface area contributed by atoms with Crippen molar-refractivity contribution in [1.82, 2.24) is 4.31 Å². The van der Waals surface area contributed by atoms with Gasteiger partial charge in [-0.15, -0.1) is 0 Å². The van der Waals surface area contributed by atoms with E-state index in [0.717, 1.165) is 10.6 Å². The average Bonchev–Trinajstić information content (AvgIpc) is 2.31. The molecule has 0 aromatic carbocycles. The highest BCUT2D eigenvalue weighted by molar-refractivity contribution is 7.88. The summed E-state index contributed by atoms with van der Waals surface area (Å²) in [5.41, 5.74) is 4.07. The molecule has 0 aromatic heterocycles. The Bertz CT molecular complexity index is 326. The lowest BCUT2D eigenvalue weighted by Crippen LogP contribution is -2.50. The van der Waals surface area contributed by atoms with E-state index >= 15 is 0 Å². The maximum absolute atomic E-state index is 11.0. The minimum absolute atomic E-state index is 0.138. The van der Waals surface area contributed by atoms with E-state index in [9.17, 15) is 13.2 Å². The van der Waals surface area contributed by atoms with Crippen molar-refractivity contribution in [3.63, 3.8) is 0 Å². The van der Waals surface area contributed by atoms with Crippen LogP contribution in [0.3, 0.4) is 0 Å². The van der Waals surface area contributed by atoms with Crippen LogP contribution in [-0.2, 0) is 14.8 Å². The van der Waals surface area contributed by atoms with Crippen molar-refractivity contribution in [3.8, 4) is 0 Å². The molecule has 0 amide bonds. The van der Waals surface area contributed by atoms with Gasteiger partial charge in [-0.2, -0.15) is 4.31 Å². The second kappa shape index (κ2) is 2.93. The summed E-state index contributed by atoms with van der Waals surface area (Å²) in [5.74, 6) is -1.15. The van der Waals surface area contributed by atoms with Gasteiger partial charge >= 0.3 is 5.97 Å². The van der Waals surface area contributed by atoms with Gasteiger partial charge in [0, 0.05) is 13.1 Å². The van der Waals surface area contributed by atoms with E-state index in [-0.39, 0.29) is 19.5 Å². The molecule has 1 rings (SSSR count). The Hall–Kier alpha value is -0.660. The number of carbonyl (C=O) groups is 1. The first-order valence-corrected chi connectivity index (χ1v) is 5.58. The Balaban J connectivity index is 2.81. The molecule has 1 heterocycles. The van der Waals surface area contributed by atoms with E-state index in [1.54, 1.807) is 0 Å². The van der Waals surface area contributed by atoms with Gasteiger partial charge in [-0.3, -0.25) is 4.79 Å². The van der Waals surface area contributed by atoms with E-state index in [1.165, 1.54) is 0 Å². The Kier molecular flexibility index (Phi) is 2.35. The number of carboxylic acid groups (broad SMARTS) is 1. The fraction of sp³-hybridized carbons (Fsp3) is 0.833. The lowest BCUT2D eigenvalue weighted by atomic mass is 10.0. The lowest BCUT2D eigenvalue weighted by Gasteiger charge is -2.18. The molecule has 1 fully saturated rings. The zero-order chi connectivity index (χ0) is 10.3. The summed E-state index contributed by atoms with van der Waals surface area (Å²) in [7, 11) is -3.32. The molecule has 6 nitrogen and oxygen atoms in total. The molecule has 1 saturated heterocycles. The van der Waals surface area contributed by atoms with E-state index < -0.39 is 21.5 Å². The highest BCUT2D eigenvalue weighted by Crippen LogP contribution is 2.20. The van der Waals surface area contributed by atoms with E-state index in [0.29, 0.717) is 0 Å². The first-order valence-electron chi connectivity index (χ1n) is 3.73. The number of hydrogen-bond donors (Lipinski definition) is 2. The molecule has 76 valence electrons. The molecule has 1 aliphatic rings. The molecule has 3 N–H and O–H groups in total. The molecule has 0 spiro atoms. The Labute approximate surface area is 76.4 Å². The summed E-state index contributed by atoms with van der Waals surface area (Å²) in [6.45, 7) is 0.0444. The number of carboxylic acids is 1. The molecule has 0 aromatic rings. The van der Waals surface area contributed by atoms with Crippen LogP contribution in [0.15, 0.2) is 0 Å². The Morgan fingerprint density at radius 2 is 2.15 bits per heavy atom. The van der Waals surface area contributed by atoms with Gasteiger partial charge in [-0.1, -0.05) is 0 Å². The predicted octanol–water partition coefficient (Wildman–Crippen LogP) is -1.57. The molecular weight excluding hydrogens is 196 g/mol. The van der Waals surface area contributed by atoms with Crippen LogP contribution in [0.1, 0.15) is 6.42 Å². The topological polar surface area (TPSA) is 101 Å². The fourth-order valence-electron chi connectivity index (χ4n) is 1.25. The molecule has 1 unspecified atom stereocenters. The number of hydrogen-bond acceptors (Lipinski definition) is 4. The SMILES string of the molecule is CS(=O)(=O)N1CCC(N)(C(=O)O)C1. The normalized spacial score (nSPS) is 30.6. The van der Waals surface area contributed by atoms with Crippen molar-refractivity contribution < 1.29 is 18.3 Å². The van der Waals surface area contributed by atoms with Crippen molar-refractivity contribution in [2.24, 2.45) is 5.73 Å². The van der Waals surface area contributed by atoms with Crippen LogP contribution >= 0.6 is 0 Å². The minimum Gasteiger partial charge on any atom is -0.480 e. The minimum atomic E-state index is -3.32. The van der Waals surface area contributed by atoms with Gasteiger partial charge in [-0.25, -0.2) is 8.42 Å². The molecule has 0 radical (unpaired) electrons. The van der Waals surface area contributed by atoms with Gasteiger partial charge in [0.2, 0.25) is 10.0 Å². The van der Waals surface area contributed by atoms with Gasteiger partial charge in [0.1, 0.15) is 5.54 Å². The van der Waals surface area contributed by atoms with Gasteiger partial charge in [0.15, 0.2) is 0 Å². The molecular formula is C6H12N2O4S. The Morgan fingerprint density at radius 1 is 1.62 bits per heavy atom. The summed E-state index contributed by atoms with van der Waals surface area (Å²) in [5, 5.41) is 8.71. The van der Waals surface area contributed by atoms with E-state index in [2.05, 4.69) is 0 Å². The average molecular weight is 208 g/mol. The van der Waals surface area contributed by atoms with Crippen LogP contribution in [0.2, 0.25) is 0 Å². The second-order valence-corrected chi connectivity index (χ2v) is 5.29. The van der Waals surface area contributed by atoms with Crippen LogP contribution in [0, 0.1) is 0 Å². The molecule has 0 bridgehead atoms. The number of nitrogens with zero attached hydrogens (tertiary/aromatic N) is 1. The standard InChI is InChI=1S/C6H12N2O4S/c1-13(11,12)8-3-2-6(7,4-8)5(9)10/h2-4,7H2,1H3,(H,9,10). The third-order valence-corrected chi connectivity index (χ3v) is 3.41. The molecule has 13 heavy (non-hydrogen) atoms. The van der Waals surface area contributed by atoms with Crippen LogP contribution in [0.5, 0.6) is 0 Å². The van der Waals surface area contributed by atoms with Crippen molar-refractivity contribution >= 4 is 16.0 Å². The van der Waals surface area contributed by atoms with Crippen molar-refractivity contribution in [2.45, 2.75) is 12.0 Å². The van der Waals surface area contributed by atoms with Crippen LogP contribution in [-0.4, -0.2) is 48.7 Å². The predicted molar refractivity (Wildman–Crippen MR) is 45.6 cm³/mol. The van der Waals surface area contributed by atoms with E-state index in [1.807, 2.05) is 0 Å². The summed E-state index contributed by atoms with van der Waals surface area (Å²) in [6.07, 6.45) is 1.20. The number of rotatable bonds is 2. The van der Waals surface area contributed by atoms with Gasteiger partial charge in [-0.05, 0) is 6.42 Å². The highest BCUT2D eigenvalue weighted by atomic mass is 32.2. The second-order valence-electron chi connectivity index (χ2n) is 3.31. The number of sulfonamides is 1. The number of nitrogens with two attached hydrogens (primary N) is 1. The third-order valence-electron chi connectivity index (χ3n) is 2.16. The monoisotopic (exact) mass is 208 g/mol. The van der Waals surface area contributed by atoms with Crippen molar-refractivity contribution in [1.29, 1.82) is 0 Å². The van der Waals surface area contributed by atoms with Crippen LogP contribution in [0.25, 0.3) is 0 Å². The maximum atomic E-state index is 11.0. The summed E-state index contributed by atoms with van der Waals surface area (Å²) in [4.78, 5) is 10.6. The van der Waals surface area contributed by atoms with E-state index in [4.69, 9.17) is 10.8 Å². The smallest absolute Gasteiger partial charge is 0.325 e. The lowest BCUT2D eigenvalue weighted by molar-refractivity contribution is -0.142. The van der Waals surface area contributed by atoms with Crippen molar-refractivity contribution in [2.75, 3.05) is 19.3 Å². The highest BCUT2D eigenvalue weighted by Gasteiger charge is 2.44. The zero-order valence-electron chi connectivity index (χ0n) is 7.23. The molecule has 1 aliphatic heterocycles. The van der Waals surface area contributed by atoms with Crippen LogP contribution < -0.4 is 5.73 Å². The van der Waals surface area contributed by atoms with Crippen molar-refractivity contribution in [3.05, 3.63) is 0 Å². The fourth-order valence-corrected chi connectivity index (χ4v) is 2.14. The molecule has 0 saturated carbocycles. The van der Waals surface area contributed by atoms with Crippen LogP contribution in [0.4, 0.5) is 0 Å². The molecule has 7 heteroatoms. The summed E-state index contributed by atoms with van der Waals surface area (Å²) < 4.78 is 23.1. The quantitative estimate of drug-likeness (QED) is 0.571. The first-order chi connectivity index (χ1) is 5.76. The maximum Gasteiger partial charge on any atom is 0.325 e. The summed E-state index contributed by atoms with van der Waals surface area (Å²) in [6, 6.07) is 0. The molecule has 0 aliphatic carbocycles. The first kappa shape index (κ1) is 10.4. The largest absolute Gasteiger partial charge is 0.480 e.